The molecule has 1 heterocycles. The summed E-state index contributed by atoms with van der Waals surface area (Å²) in [5, 5.41) is 9.57. The number of halogens is 1. The van der Waals surface area contributed by atoms with Gasteiger partial charge in [0.1, 0.15) is 18.2 Å². The zero-order chi connectivity index (χ0) is 22.8. The Morgan fingerprint density at radius 3 is 2.41 bits per heavy atom. The molecule has 32 heavy (non-hydrogen) atoms. The van der Waals surface area contributed by atoms with E-state index in [0.29, 0.717) is 17.9 Å². The number of nitrogens with zero attached hydrogens (tertiary/aromatic N) is 1. The van der Waals surface area contributed by atoms with Crippen molar-refractivity contribution in [1.82, 2.24) is 4.57 Å². The SMILES string of the molecule is Cc1ccc(OCc2ccc(F)cc2)c(-c2ccc(C)n2-c2ccc(C)c(C(=O)O)c2)c1. The molecule has 0 radical (unpaired) electrons. The number of aromatic carboxylic acids is 1. The molecule has 162 valence electrons. The minimum atomic E-state index is -0.949. The van der Waals surface area contributed by atoms with Gasteiger partial charge in [-0.15, -0.1) is 0 Å². The number of ether oxygens (including phenoxy) is 1. The summed E-state index contributed by atoms with van der Waals surface area (Å²) < 4.78 is 21.4. The maximum absolute atomic E-state index is 13.2. The lowest BCUT2D eigenvalue weighted by atomic mass is 10.1. The first-order valence-electron chi connectivity index (χ1n) is 10.3. The van der Waals surface area contributed by atoms with E-state index >= 15 is 0 Å². The molecule has 1 N–H and O–H groups in total. The molecule has 0 aliphatic heterocycles. The summed E-state index contributed by atoms with van der Waals surface area (Å²) in [6.07, 6.45) is 0. The number of hydrogen-bond donors (Lipinski definition) is 1. The van der Waals surface area contributed by atoms with Gasteiger partial charge in [0.15, 0.2) is 0 Å². The second kappa shape index (κ2) is 8.71. The molecule has 3 aromatic carbocycles. The van der Waals surface area contributed by atoms with Crippen molar-refractivity contribution in [2.75, 3.05) is 0 Å². The fourth-order valence-corrected chi connectivity index (χ4v) is 3.78. The number of aryl methyl sites for hydroxylation is 3. The number of aromatic nitrogens is 1. The van der Waals surface area contributed by atoms with Crippen LogP contribution >= 0.6 is 0 Å². The van der Waals surface area contributed by atoms with Crippen molar-refractivity contribution in [2.45, 2.75) is 27.4 Å². The molecule has 0 amide bonds. The molecule has 0 bridgehead atoms. The van der Waals surface area contributed by atoms with Gasteiger partial charge in [-0.2, -0.15) is 0 Å². The predicted molar refractivity (Wildman–Crippen MR) is 123 cm³/mol. The van der Waals surface area contributed by atoms with Crippen molar-refractivity contribution in [1.29, 1.82) is 0 Å². The molecule has 0 aliphatic carbocycles. The van der Waals surface area contributed by atoms with Gasteiger partial charge in [0.05, 0.1) is 11.3 Å². The molecule has 0 fully saturated rings. The van der Waals surface area contributed by atoms with Crippen LogP contribution in [0, 0.1) is 26.6 Å². The standard InChI is InChI=1S/C27H24FNO3/c1-17-4-13-26(32-16-20-7-9-21(28)10-8-20)24(14-17)25-12-6-19(3)29(25)22-11-5-18(2)23(15-22)27(30)31/h4-15H,16H2,1-3H3,(H,30,31). The molecule has 1 aromatic heterocycles. The molecule has 0 atom stereocenters. The zero-order valence-corrected chi connectivity index (χ0v) is 18.2. The number of hydrogen-bond acceptors (Lipinski definition) is 2. The van der Waals surface area contributed by atoms with Crippen LogP contribution in [0.4, 0.5) is 4.39 Å². The van der Waals surface area contributed by atoms with Crippen LogP contribution in [0.5, 0.6) is 5.75 Å². The average Bonchev–Trinajstić information content (AvgIpc) is 3.15. The number of benzene rings is 3. The van der Waals surface area contributed by atoms with E-state index in [4.69, 9.17) is 4.74 Å². The van der Waals surface area contributed by atoms with E-state index in [1.165, 1.54) is 12.1 Å². The molecule has 4 rings (SSSR count). The van der Waals surface area contributed by atoms with Gasteiger partial charge in [-0.25, -0.2) is 9.18 Å². The zero-order valence-electron chi connectivity index (χ0n) is 18.2. The first-order valence-corrected chi connectivity index (χ1v) is 10.3. The minimum Gasteiger partial charge on any atom is -0.488 e. The first kappa shape index (κ1) is 21.4. The Labute approximate surface area is 186 Å². The predicted octanol–water partition coefficient (Wildman–Crippen LogP) is 6.49. The third kappa shape index (κ3) is 4.28. The van der Waals surface area contributed by atoms with Crippen molar-refractivity contribution in [3.8, 4) is 22.7 Å². The van der Waals surface area contributed by atoms with E-state index < -0.39 is 5.97 Å². The smallest absolute Gasteiger partial charge is 0.336 e. The highest BCUT2D eigenvalue weighted by molar-refractivity contribution is 5.90. The summed E-state index contributed by atoms with van der Waals surface area (Å²) >= 11 is 0. The molecule has 0 aliphatic rings. The van der Waals surface area contributed by atoms with Crippen molar-refractivity contribution in [3.63, 3.8) is 0 Å². The summed E-state index contributed by atoms with van der Waals surface area (Å²) in [5.41, 5.74) is 6.50. The van der Waals surface area contributed by atoms with E-state index in [0.717, 1.165) is 33.8 Å². The van der Waals surface area contributed by atoms with Gasteiger partial charge in [0, 0.05) is 16.9 Å². The van der Waals surface area contributed by atoms with Gasteiger partial charge < -0.3 is 14.4 Å². The van der Waals surface area contributed by atoms with Gasteiger partial charge in [0.25, 0.3) is 0 Å². The lowest BCUT2D eigenvalue weighted by Gasteiger charge is -2.17. The summed E-state index contributed by atoms with van der Waals surface area (Å²) in [7, 11) is 0. The van der Waals surface area contributed by atoms with Gasteiger partial charge >= 0.3 is 5.97 Å². The van der Waals surface area contributed by atoms with Crippen molar-refractivity contribution in [2.24, 2.45) is 0 Å². The molecule has 4 aromatic rings. The summed E-state index contributed by atoms with van der Waals surface area (Å²) in [5.74, 6) is -0.531. The van der Waals surface area contributed by atoms with Crippen molar-refractivity contribution >= 4 is 5.97 Å². The van der Waals surface area contributed by atoms with E-state index in [9.17, 15) is 14.3 Å². The molecular weight excluding hydrogens is 405 g/mol. The summed E-state index contributed by atoms with van der Waals surface area (Å²) in [6.45, 7) is 6.10. The van der Waals surface area contributed by atoms with Crippen molar-refractivity contribution < 1.29 is 19.0 Å². The Morgan fingerprint density at radius 2 is 1.69 bits per heavy atom. The Kier molecular flexibility index (Phi) is 5.82. The molecule has 0 spiro atoms. The van der Waals surface area contributed by atoms with Gasteiger partial charge in [-0.3, -0.25) is 0 Å². The largest absolute Gasteiger partial charge is 0.488 e. The van der Waals surface area contributed by atoms with Gasteiger partial charge in [-0.05, 0) is 80.4 Å². The minimum absolute atomic E-state index is 0.276. The third-order valence-corrected chi connectivity index (χ3v) is 5.50. The number of carboxylic acids is 1. The molecule has 5 heteroatoms. The number of rotatable bonds is 6. The first-order chi connectivity index (χ1) is 15.3. The summed E-state index contributed by atoms with van der Waals surface area (Å²) in [4.78, 5) is 11.7. The van der Waals surface area contributed by atoms with Crippen LogP contribution in [0.15, 0.2) is 72.8 Å². The maximum Gasteiger partial charge on any atom is 0.336 e. The maximum atomic E-state index is 13.2. The lowest BCUT2D eigenvalue weighted by molar-refractivity contribution is 0.0696. The fraction of sp³-hybridized carbons (Fsp3) is 0.148. The third-order valence-electron chi connectivity index (χ3n) is 5.50. The van der Waals surface area contributed by atoms with Gasteiger partial charge in [-0.1, -0.05) is 29.8 Å². The van der Waals surface area contributed by atoms with Crippen LogP contribution in [-0.2, 0) is 6.61 Å². The molecule has 0 saturated carbocycles. The highest BCUT2D eigenvalue weighted by Gasteiger charge is 2.16. The van der Waals surface area contributed by atoms with E-state index in [1.807, 2.05) is 54.8 Å². The Morgan fingerprint density at radius 1 is 0.938 bits per heavy atom. The normalized spacial score (nSPS) is 10.9. The van der Waals surface area contributed by atoms with E-state index in [2.05, 4.69) is 6.07 Å². The highest BCUT2D eigenvalue weighted by atomic mass is 19.1. The average molecular weight is 429 g/mol. The monoisotopic (exact) mass is 429 g/mol. The topological polar surface area (TPSA) is 51.5 Å². The van der Waals surface area contributed by atoms with Crippen LogP contribution < -0.4 is 4.74 Å². The fourth-order valence-electron chi connectivity index (χ4n) is 3.78. The Balaban J connectivity index is 1.77. The quantitative estimate of drug-likeness (QED) is 0.381. The van der Waals surface area contributed by atoms with Crippen LogP contribution in [-0.4, -0.2) is 15.6 Å². The number of carboxylic acid groups (broad SMARTS) is 1. The van der Waals surface area contributed by atoms with Crippen molar-refractivity contribution in [3.05, 3.63) is 107 Å². The Hall–Kier alpha value is -3.86. The van der Waals surface area contributed by atoms with E-state index in [1.54, 1.807) is 25.1 Å². The second-order valence-corrected chi connectivity index (χ2v) is 7.91. The van der Waals surface area contributed by atoms with Crippen LogP contribution in [0.3, 0.4) is 0 Å². The molecular formula is C27H24FNO3. The number of carbonyl (C=O) groups is 1. The molecule has 4 nitrogen and oxygen atoms in total. The van der Waals surface area contributed by atoms with Crippen LogP contribution in [0.1, 0.15) is 32.7 Å². The van der Waals surface area contributed by atoms with Gasteiger partial charge in [0.2, 0.25) is 0 Å². The molecule has 0 unspecified atom stereocenters. The highest BCUT2D eigenvalue weighted by Crippen LogP contribution is 2.35. The second-order valence-electron chi connectivity index (χ2n) is 7.91. The lowest BCUT2D eigenvalue weighted by Crippen LogP contribution is -2.05. The van der Waals surface area contributed by atoms with E-state index in [-0.39, 0.29) is 11.4 Å². The van der Waals surface area contributed by atoms with Crippen LogP contribution in [0.25, 0.3) is 16.9 Å². The van der Waals surface area contributed by atoms with Crippen LogP contribution in [0.2, 0.25) is 0 Å². The summed E-state index contributed by atoms with van der Waals surface area (Å²) in [6, 6.07) is 21.7. The Bertz CT molecular complexity index is 1290. The molecule has 0 saturated heterocycles.